The zero-order chi connectivity index (χ0) is 12.5. The van der Waals surface area contributed by atoms with Gasteiger partial charge in [-0.25, -0.2) is 0 Å². The van der Waals surface area contributed by atoms with Gasteiger partial charge in [-0.1, -0.05) is 0 Å². The molecule has 1 amide bonds. The average molecular weight is 260 g/mol. The van der Waals surface area contributed by atoms with E-state index < -0.39 is 0 Å². The maximum atomic E-state index is 12.1. The van der Waals surface area contributed by atoms with E-state index in [-0.39, 0.29) is 5.91 Å². The van der Waals surface area contributed by atoms with Crippen molar-refractivity contribution in [1.29, 1.82) is 0 Å². The molecule has 1 aliphatic heterocycles. The minimum Gasteiger partial charge on any atom is -0.307 e. The number of nitrogens with zero attached hydrogens (tertiary/aromatic N) is 3. The van der Waals surface area contributed by atoms with E-state index >= 15 is 0 Å². The predicted octanol–water partition coefficient (Wildman–Crippen LogP) is 1.81. The number of hydrogen-bond acceptors (Lipinski definition) is 4. The molecule has 1 aliphatic rings. The maximum absolute atomic E-state index is 12.1. The molecule has 0 bridgehead atoms. The van der Waals surface area contributed by atoms with Crippen LogP contribution in [0.5, 0.6) is 0 Å². The molecular formula is C12H12N4OS. The fourth-order valence-electron chi connectivity index (χ4n) is 1.98. The molecule has 0 saturated heterocycles. The molecule has 2 aromatic heterocycles. The van der Waals surface area contributed by atoms with Gasteiger partial charge in [-0.2, -0.15) is 16.9 Å². The van der Waals surface area contributed by atoms with Crippen molar-refractivity contribution < 1.29 is 4.79 Å². The molecule has 3 rings (SSSR count). The van der Waals surface area contributed by atoms with Crippen molar-refractivity contribution in [2.75, 3.05) is 5.32 Å². The summed E-state index contributed by atoms with van der Waals surface area (Å²) in [6.45, 7) is 0. The number of thioether (sulfide) groups is 1. The van der Waals surface area contributed by atoms with Crippen molar-refractivity contribution in [1.82, 2.24) is 14.8 Å². The fourth-order valence-corrected chi connectivity index (χ4v) is 3.01. The molecule has 3 heterocycles. The van der Waals surface area contributed by atoms with Crippen LogP contribution in [0.15, 0.2) is 24.5 Å². The molecule has 1 N–H and O–H groups in total. The summed E-state index contributed by atoms with van der Waals surface area (Å²) < 4.78 is 1.74. The lowest BCUT2D eigenvalue weighted by molar-refractivity contribution is 0.102. The van der Waals surface area contributed by atoms with E-state index in [1.807, 2.05) is 18.8 Å². The van der Waals surface area contributed by atoms with Gasteiger partial charge in [0.1, 0.15) is 5.82 Å². The number of anilines is 1. The van der Waals surface area contributed by atoms with Gasteiger partial charge in [-0.15, -0.1) is 0 Å². The molecule has 2 aromatic rings. The molecular weight excluding hydrogens is 248 g/mol. The van der Waals surface area contributed by atoms with E-state index in [9.17, 15) is 4.79 Å². The lowest BCUT2D eigenvalue weighted by Gasteiger charge is -2.07. The molecule has 0 unspecified atom stereocenters. The second-order valence-corrected chi connectivity index (χ2v) is 5.07. The highest BCUT2D eigenvalue weighted by Gasteiger charge is 2.22. The van der Waals surface area contributed by atoms with Crippen LogP contribution in [0.1, 0.15) is 21.6 Å². The first-order valence-corrected chi connectivity index (χ1v) is 6.75. The zero-order valence-electron chi connectivity index (χ0n) is 9.88. The molecule has 92 valence electrons. The highest BCUT2D eigenvalue weighted by Crippen LogP contribution is 2.34. The Morgan fingerprint density at radius 2 is 2.17 bits per heavy atom. The van der Waals surface area contributed by atoms with Crippen LogP contribution in [0.4, 0.5) is 5.82 Å². The standard InChI is InChI=1S/C12H12N4OS/c1-16-11(9-6-18-7-10(9)15-16)14-12(17)8-2-4-13-5-3-8/h2-5H,6-7H2,1H3,(H,14,17). The molecule has 18 heavy (non-hydrogen) atoms. The molecule has 0 radical (unpaired) electrons. The van der Waals surface area contributed by atoms with Gasteiger partial charge in [0, 0.05) is 42.1 Å². The first kappa shape index (κ1) is 11.3. The normalized spacial score (nSPS) is 13.4. The Morgan fingerprint density at radius 1 is 1.39 bits per heavy atom. The van der Waals surface area contributed by atoms with E-state index in [1.54, 1.807) is 29.2 Å². The number of carbonyl (C=O) groups excluding carboxylic acids is 1. The second kappa shape index (κ2) is 4.45. The van der Waals surface area contributed by atoms with Crippen LogP contribution < -0.4 is 5.32 Å². The summed E-state index contributed by atoms with van der Waals surface area (Å²) in [6, 6.07) is 3.39. The molecule has 0 aliphatic carbocycles. The number of rotatable bonds is 2. The molecule has 5 nitrogen and oxygen atoms in total. The number of aromatic nitrogens is 3. The molecule has 0 saturated carbocycles. The SMILES string of the molecule is Cn1nc2c(c1NC(=O)c1ccncc1)CSC2. The van der Waals surface area contributed by atoms with Gasteiger partial charge in [0.2, 0.25) is 0 Å². The van der Waals surface area contributed by atoms with Crippen LogP contribution in [0, 0.1) is 0 Å². The number of amides is 1. The van der Waals surface area contributed by atoms with Crippen molar-refractivity contribution in [3.05, 3.63) is 41.3 Å². The van der Waals surface area contributed by atoms with Crippen LogP contribution in [0.2, 0.25) is 0 Å². The van der Waals surface area contributed by atoms with Crippen LogP contribution in [0.3, 0.4) is 0 Å². The lowest BCUT2D eigenvalue weighted by atomic mass is 10.2. The summed E-state index contributed by atoms with van der Waals surface area (Å²) in [4.78, 5) is 16.0. The zero-order valence-corrected chi connectivity index (χ0v) is 10.7. The third-order valence-electron chi connectivity index (χ3n) is 2.89. The number of pyridine rings is 1. The Labute approximate surface area is 109 Å². The lowest BCUT2D eigenvalue weighted by Crippen LogP contribution is -2.15. The van der Waals surface area contributed by atoms with Crippen molar-refractivity contribution in [3.8, 4) is 0 Å². The summed E-state index contributed by atoms with van der Waals surface area (Å²) in [7, 11) is 1.85. The van der Waals surface area contributed by atoms with Gasteiger partial charge in [0.15, 0.2) is 0 Å². The minimum absolute atomic E-state index is 0.125. The summed E-state index contributed by atoms with van der Waals surface area (Å²) in [5, 5.41) is 7.33. The smallest absolute Gasteiger partial charge is 0.256 e. The third-order valence-corrected chi connectivity index (χ3v) is 3.86. The molecule has 0 atom stereocenters. The Bertz CT molecular complexity index is 594. The van der Waals surface area contributed by atoms with E-state index in [2.05, 4.69) is 15.4 Å². The van der Waals surface area contributed by atoms with E-state index in [1.165, 1.54) is 0 Å². The molecule has 0 fully saturated rings. The summed E-state index contributed by atoms with van der Waals surface area (Å²) in [5.41, 5.74) is 2.82. The number of nitrogens with one attached hydrogen (secondary N) is 1. The Hall–Kier alpha value is -1.82. The number of fused-ring (bicyclic) bond motifs is 1. The molecule has 0 spiro atoms. The predicted molar refractivity (Wildman–Crippen MR) is 70.4 cm³/mol. The van der Waals surface area contributed by atoms with Crippen LogP contribution in [0.25, 0.3) is 0 Å². The number of carbonyl (C=O) groups is 1. The molecule has 6 heteroatoms. The van der Waals surface area contributed by atoms with Crippen LogP contribution >= 0.6 is 11.8 Å². The first-order valence-electron chi connectivity index (χ1n) is 5.59. The van der Waals surface area contributed by atoms with Gasteiger partial charge in [0.25, 0.3) is 5.91 Å². The average Bonchev–Trinajstić information content (AvgIpc) is 2.94. The topological polar surface area (TPSA) is 59.8 Å². The monoisotopic (exact) mass is 260 g/mol. The Kier molecular flexibility index (Phi) is 2.79. The van der Waals surface area contributed by atoms with Gasteiger partial charge in [-0.3, -0.25) is 14.5 Å². The van der Waals surface area contributed by atoms with E-state index in [0.717, 1.165) is 28.6 Å². The van der Waals surface area contributed by atoms with E-state index in [0.29, 0.717) is 5.56 Å². The highest BCUT2D eigenvalue weighted by molar-refractivity contribution is 7.98. The fraction of sp³-hybridized carbons (Fsp3) is 0.250. The van der Waals surface area contributed by atoms with Crippen molar-refractivity contribution in [2.45, 2.75) is 11.5 Å². The van der Waals surface area contributed by atoms with Crippen LogP contribution in [-0.4, -0.2) is 20.7 Å². The summed E-state index contributed by atoms with van der Waals surface area (Å²) in [5.74, 6) is 2.51. The number of hydrogen-bond donors (Lipinski definition) is 1. The second-order valence-electron chi connectivity index (χ2n) is 4.08. The first-order chi connectivity index (χ1) is 8.75. The minimum atomic E-state index is -0.125. The van der Waals surface area contributed by atoms with Crippen LogP contribution in [-0.2, 0) is 18.6 Å². The van der Waals surface area contributed by atoms with Crippen molar-refractivity contribution in [3.63, 3.8) is 0 Å². The van der Waals surface area contributed by atoms with Crippen molar-refractivity contribution in [2.24, 2.45) is 7.05 Å². The largest absolute Gasteiger partial charge is 0.307 e. The Morgan fingerprint density at radius 3 is 2.94 bits per heavy atom. The van der Waals surface area contributed by atoms with Gasteiger partial charge in [0.05, 0.1) is 5.69 Å². The molecule has 0 aromatic carbocycles. The maximum Gasteiger partial charge on any atom is 0.256 e. The quantitative estimate of drug-likeness (QED) is 0.894. The summed E-state index contributed by atoms with van der Waals surface area (Å²) >= 11 is 1.82. The third kappa shape index (κ3) is 1.88. The van der Waals surface area contributed by atoms with Gasteiger partial charge >= 0.3 is 0 Å². The number of aryl methyl sites for hydroxylation is 1. The van der Waals surface area contributed by atoms with Gasteiger partial charge in [-0.05, 0) is 12.1 Å². The van der Waals surface area contributed by atoms with Gasteiger partial charge < -0.3 is 5.32 Å². The highest BCUT2D eigenvalue weighted by atomic mass is 32.2. The van der Waals surface area contributed by atoms with Crippen molar-refractivity contribution >= 4 is 23.5 Å². The Balaban J connectivity index is 1.87. The van der Waals surface area contributed by atoms with E-state index in [4.69, 9.17) is 0 Å². The summed E-state index contributed by atoms with van der Waals surface area (Å²) in [6.07, 6.45) is 3.22.